The van der Waals surface area contributed by atoms with E-state index in [1.165, 1.54) is 6.07 Å². The zero-order valence-electron chi connectivity index (χ0n) is 9.39. The summed E-state index contributed by atoms with van der Waals surface area (Å²) in [5, 5.41) is 3.17. The first-order valence-electron chi connectivity index (χ1n) is 5.02. The summed E-state index contributed by atoms with van der Waals surface area (Å²) in [6.45, 7) is 2.95. The van der Waals surface area contributed by atoms with Crippen molar-refractivity contribution in [3.63, 3.8) is 0 Å². The van der Waals surface area contributed by atoms with Crippen LogP contribution in [-0.2, 0) is 0 Å². The van der Waals surface area contributed by atoms with Crippen molar-refractivity contribution in [3.05, 3.63) is 22.4 Å². The predicted octanol–water partition coefficient (Wildman–Crippen LogP) is 3.58. The highest BCUT2D eigenvalue weighted by molar-refractivity contribution is 9.10. The summed E-state index contributed by atoms with van der Waals surface area (Å²) in [6.07, 6.45) is 2.07. The van der Waals surface area contributed by atoms with Gasteiger partial charge in [-0.05, 0) is 39.9 Å². The van der Waals surface area contributed by atoms with Crippen LogP contribution in [0.5, 0.6) is 0 Å². The average Bonchev–Trinajstić information content (AvgIpc) is 2.22. The highest BCUT2D eigenvalue weighted by atomic mass is 79.9. The fourth-order valence-corrected chi connectivity index (χ4v) is 2.39. The quantitative estimate of drug-likeness (QED) is 0.817. The minimum Gasteiger partial charge on any atom is -0.397 e. The first kappa shape index (κ1) is 13.6. The van der Waals surface area contributed by atoms with Gasteiger partial charge in [0.15, 0.2) is 0 Å². The largest absolute Gasteiger partial charge is 0.397 e. The Hall–Kier alpha value is -0.420. The van der Waals surface area contributed by atoms with Gasteiger partial charge in [0.25, 0.3) is 0 Å². The van der Waals surface area contributed by atoms with Crippen molar-refractivity contribution in [2.24, 2.45) is 5.92 Å². The molecule has 0 aromatic heterocycles. The SMILES string of the molecule is CSCC(C)CNc1cc(F)c(Br)cc1N. The molecule has 90 valence electrons. The lowest BCUT2D eigenvalue weighted by atomic mass is 10.2. The lowest BCUT2D eigenvalue weighted by molar-refractivity contribution is 0.621. The van der Waals surface area contributed by atoms with E-state index in [0.717, 1.165) is 12.3 Å². The van der Waals surface area contributed by atoms with Crippen LogP contribution in [-0.4, -0.2) is 18.6 Å². The van der Waals surface area contributed by atoms with Gasteiger partial charge in [0.1, 0.15) is 5.82 Å². The third-order valence-corrected chi connectivity index (χ3v) is 3.69. The summed E-state index contributed by atoms with van der Waals surface area (Å²) in [6, 6.07) is 3.00. The molecule has 0 aliphatic carbocycles. The first-order chi connectivity index (χ1) is 7.54. The number of hydrogen-bond donors (Lipinski definition) is 2. The van der Waals surface area contributed by atoms with E-state index < -0.39 is 0 Å². The zero-order valence-corrected chi connectivity index (χ0v) is 11.8. The molecule has 0 heterocycles. The van der Waals surface area contributed by atoms with E-state index in [1.807, 2.05) is 0 Å². The number of nitrogens with one attached hydrogen (secondary N) is 1. The maximum Gasteiger partial charge on any atom is 0.139 e. The Morgan fingerprint density at radius 2 is 2.25 bits per heavy atom. The Labute approximate surface area is 108 Å². The van der Waals surface area contributed by atoms with Crippen molar-refractivity contribution in [2.75, 3.05) is 29.6 Å². The van der Waals surface area contributed by atoms with Crippen LogP contribution in [0.2, 0.25) is 0 Å². The third kappa shape index (κ3) is 3.87. The molecule has 0 amide bonds. The zero-order chi connectivity index (χ0) is 12.1. The monoisotopic (exact) mass is 306 g/mol. The third-order valence-electron chi connectivity index (χ3n) is 2.18. The van der Waals surface area contributed by atoms with E-state index in [2.05, 4.69) is 34.4 Å². The molecule has 0 bridgehead atoms. The molecule has 0 radical (unpaired) electrons. The summed E-state index contributed by atoms with van der Waals surface area (Å²) < 4.78 is 13.7. The van der Waals surface area contributed by atoms with Crippen LogP contribution in [0.1, 0.15) is 6.92 Å². The van der Waals surface area contributed by atoms with Crippen LogP contribution in [0, 0.1) is 11.7 Å². The molecule has 3 N–H and O–H groups in total. The van der Waals surface area contributed by atoms with Gasteiger partial charge in [-0.3, -0.25) is 0 Å². The van der Waals surface area contributed by atoms with Gasteiger partial charge in [0.05, 0.1) is 15.8 Å². The summed E-state index contributed by atoms with van der Waals surface area (Å²) >= 11 is 4.90. The average molecular weight is 307 g/mol. The Kier molecular flexibility index (Phi) is 5.41. The van der Waals surface area contributed by atoms with Gasteiger partial charge in [-0.1, -0.05) is 6.92 Å². The highest BCUT2D eigenvalue weighted by Gasteiger charge is 2.07. The molecule has 5 heteroatoms. The van der Waals surface area contributed by atoms with Crippen molar-refractivity contribution in [1.29, 1.82) is 0 Å². The minimum atomic E-state index is -0.297. The molecule has 0 saturated carbocycles. The van der Waals surface area contributed by atoms with Crippen molar-refractivity contribution >= 4 is 39.1 Å². The van der Waals surface area contributed by atoms with E-state index >= 15 is 0 Å². The number of anilines is 2. The molecule has 16 heavy (non-hydrogen) atoms. The van der Waals surface area contributed by atoms with E-state index in [0.29, 0.717) is 21.8 Å². The minimum absolute atomic E-state index is 0.297. The van der Waals surface area contributed by atoms with Crippen LogP contribution < -0.4 is 11.1 Å². The fraction of sp³-hybridized carbons (Fsp3) is 0.455. The molecule has 1 aromatic carbocycles. The van der Waals surface area contributed by atoms with E-state index in [1.54, 1.807) is 17.8 Å². The van der Waals surface area contributed by atoms with Gasteiger partial charge in [-0.25, -0.2) is 4.39 Å². The molecule has 1 unspecified atom stereocenters. The Bertz CT molecular complexity index is 360. The molecular formula is C11H16BrFN2S. The molecular weight excluding hydrogens is 291 g/mol. The summed E-state index contributed by atoms with van der Waals surface area (Å²) in [5.41, 5.74) is 7.01. The Morgan fingerprint density at radius 3 is 2.88 bits per heavy atom. The second kappa shape index (κ2) is 6.35. The normalized spacial score (nSPS) is 12.5. The lowest BCUT2D eigenvalue weighted by Crippen LogP contribution is -2.14. The van der Waals surface area contributed by atoms with Crippen molar-refractivity contribution in [3.8, 4) is 0 Å². The first-order valence-corrected chi connectivity index (χ1v) is 7.20. The molecule has 0 fully saturated rings. The number of rotatable bonds is 5. The standard InChI is InChI=1S/C11H16BrFN2S/c1-7(6-16-2)5-15-11-4-9(13)8(12)3-10(11)14/h3-4,7,15H,5-6,14H2,1-2H3. The van der Waals surface area contributed by atoms with E-state index in [4.69, 9.17) is 5.73 Å². The van der Waals surface area contributed by atoms with Gasteiger partial charge in [-0.15, -0.1) is 0 Å². The van der Waals surface area contributed by atoms with Crippen LogP contribution in [0.4, 0.5) is 15.8 Å². The number of halogens is 2. The van der Waals surface area contributed by atoms with E-state index in [9.17, 15) is 4.39 Å². The highest BCUT2D eigenvalue weighted by Crippen LogP contribution is 2.26. The van der Waals surface area contributed by atoms with Gasteiger partial charge in [-0.2, -0.15) is 11.8 Å². The topological polar surface area (TPSA) is 38.0 Å². The number of hydrogen-bond acceptors (Lipinski definition) is 3. The van der Waals surface area contributed by atoms with Gasteiger partial charge in [0, 0.05) is 12.6 Å². The second-order valence-electron chi connectivity index (χ2n) is 3.79. The Morgan fingerprint density at radius 1 is 1.56 bits per heavy atom. The lowest BCUT2D eigenvalue weighted by Gasteiger charge is -2.14. The molecule has 0 aliphatic heterocycles. The Balaban J connectivity index is 2.63. The van der Waals surface area contributed by atoms with Crippen LogP contribution >= 0.6 is 27.7 Å². The van der Waals surface area contributed by atoms with Crippen molar-refractivity contribution in [1.82, 2.24) is 0 Å². The smallest absolute Gasteiger partial charge is 0.139 e. The summed E-state index contributed by atoms with van der Waals surface area (Å²) in [7, 11) is 0. The second-order valence-corrected chi connectivity index (χ2v) is 5.56. The van der Waals surface area contributed by atoms with E-state index in [-0.39, 0.29) is 5.82 Å². The molecule has 0 spiro atoms. The van der Waals surface area contributed by atoms with Gasteiger partial charge >= 0.3 is 0 Å². The molecule has 0 aliphatic rings. The fourth-order valence-electron chi connectivity index (χ4n) is 1.34. The molecule has 1 rings (SSSR count). The van der Waals surface area contributed by atoms with Crippen LogP contribution in [0.25, 0.3) is 0 Å². The van der Waals surface area contributed by atoms with Crippen LogP contribution in [0.15, 0.2) is 16.6 Å². The number of nitrogen functional groups attached to an aromatic ring is 1. The van der Waals surface area contributed by atoms with Crippen molar-refractivity contribution in [2.45, 2.75) is 6.92 Å². The number of thioether (sulfide) groups is 1. The van der Waals surface area contributed by atoms with Crippen molar-refractivity contribution < 1.29 is 4.39 Å². The molecule has 0 saturated heterocycles. The maximum absolute atomic E-state index is 13.3. The van der Waals surface area contributed by atoms with Crippen LogP contribution in [0.3, 0.4) is 0 Å². The molecule has 1 atom stereocenters. The summed E-state index contributed by atoms with van der Waals surface area (Å²) in [4.78, 5) is 0. The molecule has 2 nitrogen and oxygen atoms in total. The van der Waals surface area contributed by atoms with Gasteiger partial charge in [0.2, 0.25) is 0 Å². The summed E-state index contributed by atoms with van der Waals surface area (Å²) in [5.74, 6) is 1.31. The maximum atomic E-state index is 13.3. The number of nitrogens with two attached hydrogens (primary N) is 1. The number of benzene rings is 1. The predicted molar refractivity (Wildman–Crippen MR) is 74.5 cm³/mol. The molecule has 1 aromatic rings. The van der Waals surface area contributed by atoms with Gasteiger partial charge < -0.3 is 11.1 Å².